The van der Waals surface area contributed by atoms with Crippen molar-refractivity contribution in [2.24, 2.45) is 11.8 Å². The lowest BCUT2D eigenvalue weighted by atomic mass is 10.2. The van der Waals surface area contributed by atoms with E-state index < -0.39 is 17.8 Å². The molecule has 0 heterocycles. The maximum absolute atomic E-state index is 11.9. The number of methoxy groups -OCH3 is 1. The molecule has 0 saturated heterocycles. The van der Waals surface area contributed by atoms with E-state index >= 15 is 0 Å². The molecule has 2 unspecified atom stereocenters. The van der Waals surface area contributed by atoms with Crippen molar-refractivity contribution >= 4 is 17.6 Å². The number of ether oxygens (including phenoxy) is 2. The molecule has 0 aliphatic heterocycles. The Morgan fingerprint density at radius 2 is 2.10 bits per heavy atom. The average Bonchev–Trinajstić information content (AvgIpc) is 3.22. The van der Waals surface area contributed by atoms with Crippen LogP contribution in [0.1, 0.15) is 12.0 Å². The number of carboxylic acids is 1. The lowest BCUT2D eigenvalue weighted by molar-refractivity contribution is -0.139. The van der Waals surface area contributed by atoms with E-state index in [0.717, 1.165) is 5.56 Å². The number of rotatable bonds is 7. The van der Waals surface area contributed by atoms with Crippen LogP contribution in [-0.2, 0) is 14.3 Å². The molecule has 1 aromatic carbocycles. The van der Waals surface area contributed by atoms with E-state index in [1.54, 1.807) is 19.2 Å². The highest BCUT2D eigenvalue weighted by molar-refractivity contribution is 5.98. The highest BCUT2D eigenvalue weighted by Gasteiger charge is 2.48. The Kier molecular flexibility index (Phi) is 4.80. The summed E-state index contributed by atoms with van der Waals surface area (Å²) in [4.78, 5) is 22.7. The van der Waals surface area contributed by atoms with Crippen LogP contribution in [0.15, 0.2) is 18.2 Å². The fourth-order valence-electron chi connectivity index (χ4n) is 2.09. The smallest absolute Gasteiger partial charge is 0.307 e. The molecule has 2 rings (SSSR count). The minimum atomic E-state index is -0.909. The molecule has 1 fully saturated rings. The van der Waals surface area contributed by atoms with Gasteiger partial charge in [-0.05, 0) is 37.1 Å². The van der Waals surface area contributed by atoms with Crippen molar-refractivity contribution in [3.05, 3.63) is 23.8 Å². The number of aryl methyl sites for hydroxylation is 1. The summed E-state index contributed by atoms with van der Waals surface area (Å²) in [6, 6.07) is 5.35. The minimum absolute atomic E-state index is 0.237. The molecular weight excluding hydrogens is 274 g/mol. The molecule has 1 saturated carbocycles. The van der Waals surface area contributed by atoms with Crippen LogP contribution in [-0.4, -0.2) is 37.3 Å². The lowest BCUT2D eigenvalue weighted by Gasteiger charge is -2.11. The molecule has 0 radical (unpaired) electrons. The second-order valence-electron chi connectivity index (χ2n) is 5.09. The molecule has 0 bridgehead atoms. The van der Waals surface area contributed by atoms with Crippen molar-refractivity contribution in [2.45, 2.75) is 13.3 Å². The van der Waals surface area contributed by atoms with Gasteiger partial charge in [-0.2, -0.15) is 0 Å². The van der Waals surface area contributed by atoms with E-state index in [0.29, 0.717) is 31.1 Å². The van der Waals surface area contributed by atoms with Crippen LogP contribution in [0.4, 0.5) is 5.69 Å². The number of aliphatic carboxylic acids is 1. The first-order valence-corrected chi connectivity index (χ1v) is 6.79. The first kappa shape index (κ1) is 15.3. The fraction of sp³-hybridized carbons (Fsp3) is 0.467. The number of carbonyl (C=O) groups is 2. The molecule has 6 nitrogen and oxygen atoms in total. The molecule has 1 aliphatic rings. The van der Waals surface area contributed by atoms with Crippen LogP contribution >= 0.6 is 0 Å². The highest BCUT2D eigenvalue weighted by Crippen LogP contribution is 2.39. The third-order valence-electron chi connectivity index (χ3n) is 3.46. The minimum Gasteiger partial charge on any atom is -0.491 e. The maximum Gasteiger partial charge on any atom is 0.307 e. The van der Waals surface area contributed by atoms with E-state index in [2.05, 4.69) is 5.32 Å². The van der Waals surface area contributed by atoms with Crippen molar-refractivity contribution in [1.82, 2.24) is 0 Å². The van der Waals surface area contributed by atoms with Crippen LogP contribution in [0.5, 0.6) is 5.75 Å². The number of hydrogen-bond donors (Lipinski definition) is 2. The van der Waals surface area contributed by atoms with Crippen LogP contribution in [0, 0.1) is 18.8 Å². The Labute approximate surface area is 123 Å². The normalized spacial score (nSPS) is 19.9. The fourth-order valence-corrected chi connectivity index (χ4v) is 2.09. The van der Waals surface area contributed by atoms with Crippen LogP contribution in [0.2, 0.25) is 0 Å². The SMILES string of the molecule is COCCOc1ccc(NC(=O)C2CC2C(=O)O)c(C)c1. The number of amides is 1. The third kappa shape index (κ3) is 3.95. The number of carbonyl (C=O) groups excluding carboxylic acids is 1. The highest BCUT2D eigenvalue weighted by atomic mass is 16.5. The van der Waals surface area contributed by atoms with Crippen molar-refractivity contribution in [2.75, 3.05) is 25.6 Å². The van der Waals surface area contributed by atoms with E-state index in [-0.39, 0.29) is 5.91 Å². The molecule has 114 valence electrons. The number of carboxylic acid groups (broad SMARTS) is 1. The van der Waals surface area contributed by atoms with Gasteiger partial charge >= 0.3 is 5.97 Å². The van der Waals surface area contributed by atoms with Gasteiger partial charge in [-0.15, -0.1) is 0 Å². The molecule has 1 amide bonds. The third-order valence-corrected chi connectivity index (χ3v) is 3.46. The molecule has 0 spiro atoms. The van der Waals surface area contributed by atoms with Crippen molar-refractivity contribution < 1.29 is 24.2 Å². The Morgan fingerprint density at radius 1 is 1.33 bits per heavy atom. The van der Waals surface area contributed by atoms with Gasteiger partial charge in [0.1, 0.15) is 12.4 Å². The number of anilines is 1. The van der Waals surface area contributed by atoms with Gasteiger partial charge in [0.05, 0.1) is 18.4 Å². The van der Waals surface area contributed by atoms with Gasteiger partial charge in [0.25, 0.3) is 0 Å². The summed E-state index contributed by atoms with van der Waals surface area (Å²) in [5.41, 5.74) is 1.54. The van der Waals surface area contributed by atoms with Crippen molar-refractivity contribution in [1.29, 1.82) is 0 Å². The van der Waals surface area contributed by atoms with Crippen molar-refractivity contribution in [3.63, 3.8) is 0 Å². The Bertz CT molecular complexity index is 543. The van der Waals surface area contributed by atoms with Gasteiger partial charge in [0.2, 0.25) is 5.91 Å². The summed E-state index contributed by atoms with van der Waals surface area (Å²) in [6.45, 7) is 2.83. The van der Waals surface area contributed by atoms with Crippen LogP contribution in [0.25, 0.3) is 0 Å². The molecule has 1 aromatic rings. The molecule has 2 atom stereocenters. The number of nitrogens with one attached hydrogen (secondary N) is 1. The molecule has 1 aliphatic carbocycles. The standard InChI is InChI=1S/C15H19NO5/c1-9-7-10(21-6-5-20-2)3-4-13(9)16-14(17)11-8-12(11)15(18)19/h3-4,7,11-12H,5-6,8H2,1-2H3,(H,16,17)(H,18,19). The van der Waals surface area contributed by atoms with Gasteiger partial charge in [0.15, 0.2) is 0 Å². The van der Waals surface area contributed by atoms with E-state index in [1.165, 1.54) is 0 Å². The Morgan fingerprint density at radius 3 is 2.67 bits per heavy atom. The summed E-state index contributed by atoms with van der Waals surface area (Å²) < 4.78 is 10.4. The average molecular weight is 293 g/mol. The molecule has 6 heteroatoms. The molecular formula is C15H19NO5. The van der Waals surface area contributed by atoms with Crippen molar-refractivity contribution in [3.8, 4) is 5.75 Å². The second kappa shape index (κ2) is 6.58. The first-order valence-electron chi connectivity index (χ1n) is 6.79. The summed E-state index contributed by atoms with van der Waals surface area (Å²) >= 11 is 0. The Balaban J connectivity index is 1.92. The summed E-state index contributed by atoms with van der Waals surface area (Å²) in [6.07, 6.45) is 0.415. The summed E-state index contributed by atoms with van der Waals surface area (Å²) in [5.74, 6) is -1.40. The number of benzene rings is 1. The zero-order chi connectivity index (χ0) is 15.4. The zero-order valence-electron chi connectivity index (χ0n) is 12.1. The first-order chi connectivity index (χ1) is 10.0. The van der Waals surface area contributed by atoms with Gasteiger partial charge in [-0.25, -0.2) is 0 Å². The molecule has 21 heavy (non-hydrogen) atoms. The predicted molar refractivity (Wildman–Crippen MR) is 76.4 cm³/mol. The lowest BCUT2D eigenvalue weighted by Crippen LogP contribution is -2.17. The largest absolute Gasteiger partial charge is 0.491 e. The predicted octanol–water partition coefficient (Wildman–Crippen LogP) is 1.68. The second-order valence-corrected chi connectivity index (χ2v) is 5.09. The zero-order valence-corrected chi connectivity index (χ0v) is 12.1. The summed E-state index contributed by atoms with van der Waals surface area (Å²) in [5, 5.41) is 11.6. The van der Waals surface area contributed by atoms with E-state index in [1.807, 2.05) is 13.0 Å². The Hall–Kier alpha value is -2.08. The summed E-state index contributed by atoms with van der Waals surface area (Å²) in [7, 11) is 1.61. The van der Waals surface area contributed by atoms with Gasteiger partial charge in [0, 0.05) is 12.8 Å². The van der Waals surface area contributed by atoms with E-state index in [9.17, 15) is 9.59 Å². The van der Waals surface area contributed by atoms with Gasteiger partial charge in [-0.3, -0.25) is 9.59 Å². The molecule has 2 N–H and O–H groups in total. The van der Waals surface area contributed by atoms with E-state index in [4.69, 9.17) is 14.6 Å². The van der Waals surface area contributed by atoms with Gasteiger partial charge < -0.3 is 19.9 Å². The van der Waals surface area contributed by atoms with Gasteiger partial charge in [-0.1, -0.05) is 0 Å². The monoisotopic (exact) mass is 293 g/mol. The van der Waals surface area contributed by atoms with Crippen LogP contribution in [0.3, 0.4) is 0 Å². The molecule has 0 aromatic heterocycles. The topological polar surface area (TPSA) is 84.9 Å². The number of hydrogen-bond acceptors (Lipinski definition) is 4. The van der Waals surface area contributed by atoms with Crippen LogP contribution < -0.4 is 10.1 Å². The maximum atomic E-state index is 11.9. The quantitative estimate of drug-likeness (QED) is 0.747.